The van der Waals surface area contributed by atoms with Crippen molar-refractivity contribution in [3.8, 4) is 11.5 Å². The van der Waals surface area contributed by atoms with Crippen LogP contribution >= 0.6 is 0 Å². The first-order chi connectivity index (χ1) is 8.43. The van der Waals surface area contributed by atoms with Crippen LogP contribution in [0.2, 0.25) is 0 Å². The summed E-state index contributed by atoms with van der Waals surface area (Å²) in [5.74, 6) is 1.33. The van der Waals surface area contributed by atoms with E-state index in [9.17, 15) is 0 Å². The van der Waals surface area contributed by atoms with Crippen LogP contribution in [0, 0.1) is 0 Å². The van der Waals surface area contributed by atoms with Crippen LogP contribution in [0.1, 0.15) is 33.6 Å². The average molecular weight is 252 g/mol. The minimum absolute atomic E-state index is 0.00245. The fraction of sp³-hybridized carbons (Fsp3) is 0.571. The van der Waals surface area contributed by atoms with E-state index in [2.05, 4.69) is 26.1 Å². The normalized spacial score (nSPS) is 11.2. The molecule has 3 N–H and O–H groups in total. The number of hydrogen-bond acceptors (Lipinski definition) is 4. The quantitative estimate of drug-likeness (QED) is 0.763. The summed E-state index contributed by atoms with van der Waals surface area (Å²) < 4.78 is 10.5. The van der Waals surface area contributed by atoms with Gasteiger partial charge in [-0.15, -0.1) is 0 Å². The molecule has 0 aliphatic heterocycles. The van der Waals surface area contributed by atoms with Crippen LogP contribution in [0.15, 0.2) is 12.1 Å². The number of nitrogens with one attached hydrogen (secondary N) is 1. The number of methoxy groups -OCH3 is 2. The van der Waals surface area contributed by atoms with E-state index in [0.717, 1.165) is 18.5 Å². The lowest BCUT2D eigenvalue weighted by molar-refractivity contribution is 0.355. The van der Waals surface area contributed by atoms with Crippen molar-refractivity contribution in [1.29, 1.82) is 0 Å². The molecular weight excluding hydrogens is 228 g/mol. The van der Waals surface area contributed by atoms with E-state index >= 15 is 0 Å². The standard InChI is InChI=1S/C14H24N2O2/c1-6-7-14(2,3)16-11-9-13(18-5)12(17-4)8-10(11)15/h8-9,16H,6-7,15H2,1-5H3. The maximum Gasteiger partial charge on any atom is 0.162 e. The molecule has 0 heterocycles. The van der Waals surface area contributed by atoms with Crippen molar-refractivity contribution < 1.29 is 9.47 Å². The van der Waals surface area contributed by atoms with E-state index in [1.54, 1.807) is 20.3 Å². The molecule has 18 heavy (non-hydrogen) atoms. The summed E-state index contributed by atoms with van der Waals surface area (Å²) in [6, 6.07) is 3.66. The minimum Gasteiger partial charge on any atom is -0.493 e. The first-order valence-electron chi connectivity index (χ1n) is 6.23. The molecule has 0 unspecified atom stereocenters. The zero-order valence-electron chi connectivity index (χ0n) is 12.0. The Bertz CT molecular complexity index is 403. The summed E-state index contributed by atoms with van der Waals surface area (Å²) >= 11 is 0. The largest absolute Gasteiger partial charge is 0.493 e. The van der Waals surface area contributed by atoms with Gasteiger partial charge in [0.25, 0.3) is 0 Å². The third-order valence-electron chi connectivity index (χ3n) is 2.90. The fourth-order valence-electron chi connectivity index (χ4n) is 2.06. The molecule has 0 bridgehead atoms. The van der Waals surface area contributed by atoms with Gasteiger partial charge in [0.05, 0.1) is 25.6 Å². The predicted octanol–water partition coefficient (Wildman–Crippen LogP) is 3.28. The van der Waals surface area contributed by atoms with Gasteiger partial charge in [0.1, 0.15) is 0 Å². The highest BCUT2D eigenvalue weighted by Crippen LogP contribution is 2.36. The zero-order valence-corrected chi connectivity index (χ0v) is 12.0. The summed E-state index contributed by atoms with van der Waals surface area (Å²) in [4.78, 5) is 0. The number of rotatable bonds is 6. The van der Waals surface area contributed by atoms with Gasteiger partial charge in [0, 0.05) is 17.7 Å². The Morgan fingerprint density at radius 1 is 1.17 bits per heavy atom. The third-order valence-corrected chi connectivity index (χ3v) is 2.90. The first-order valence-corrected chi connectivity index (χ1v) is 6.23. The Labute approximate surface area is 109 Å². The van der Waals surface area contributed by atoms with E-state index in [4.69, 9.17) is 15.2 Å². The van der Waals surface area contributed by atoms with Crippen LogP contribution in [0.3, 0.4) is 0 Å². The molecule has 1 rings (SSSR count). The molecule has 1 aromatic rings. The van der Waals surface area contributed by atoms with Gasteiger partial charge in [-0.2, -0.15) is 0 Å². The van der Waals surface area contributed by atoms with E-state index in [1.807, 2.05) is 6.07 Å². The second-order valence-electron chi connectivity index (χ2n) is 5.05. The molecule has 0 amide bonds. The van der Waals surface area contributed by atoms with Crippen LogP contribution < -0.4 is 20.5 Å². The zero-order chi connectivity index (χ0) is 13.8. The molecule has 0 spiro atoms. The number of benzene rings is 1. The Morgan fingerprint density at radius 3 is 2.22 bits per heavy atom. The first kappa shape index (κ1) is 14.5. The van der Waals surface area contributed by atoms with Gasteiger partial charge >= 0.3 is 0 Å². The summed E-state index contributed by atoms with van der Waals surface area (Å²) in [6.45, 7) is 6.49. The topological polar surface area (TPSA) is 56.5 Å². The Kier molecular flexibility index (Phi) is 4.70. The summed E-state index contributed by atoms with van der Waals surface area (Å²) in [7, 11) is 3.22. The molecule has 0 saturated heterocycles. The maximum absolute atomic E-state index is 6.03. The molecule has 0 aromatic heterocycles. The van der Waals surface area contributed by atoms with Gasteiger partial charge in [0.2, 0.25) is 0 Å². The van der Waals surface area contributed by atoms with Crippen molar-refractivity contribution in [3.63, 3.8) is 0 Å². The van der Waals surface area contributed by atoms with Gasteiger partial charge in [-0.05, 0) is 20.3 Å². The van der Waals surface area contributed by atoms with E-state index < -0.39 is 0 Å². The molecule has 0 saturated carbocycles. The molecule has 0 radical (unpaired) electrons. The van der Waals surface area contributed by atoms with E-state index in [1.165, 1.54) is 0 Å². The Morgan fingerprint density at radius 2 is 1.72 bits per heavy atom. The lowest BCUT2D eigenvalue weighted by atomic mass is 9.98. The molecule has 0 aliphatic rings. The highest BCUT2D eigenvalue weighted by atomic mass is 16.5. The third kappa shape index (κ3) is 3.45. The Hall–Kier alpha value is -1.58. The number of anilines is 2. The van der Waals surface area contributed by atoms with Crippen LogP contribution in [-0.4, -0.2) is 19.8 Å². The predicted molar refractivity (Wildman–Crippen MR) is 76.6 cm³/mol. The van der Waals surface area contributed by atoms with Crippen molar-refractivity contribution in [2.45, 2.75) is 39.2 Å². The van der Waals surface area contributed by atoms with Gasteiger partial charge in [0.15, 0.2) is 11.5 Å². The smallest absolute Gasteiger partial charge is 0.162 e. The van der Waals surface area contributed by atoms with Crippen LogP contribution in [-0.2, 0) is 0 Å². The molecule has 4 nitrogen and oxygen atoms in total. The van der Waals surface area contributed by atoms with Gasteiger partial charge < -0.3 is 20.5 Å². The maximum atomic E-state index is 6.03. The van der Waals surface area contributed by atoms with E-state index in [0.29, 0.717) is 17.2 Å². The van der Waals surface area contributed by atoms with Crippen molar-refractivity contribution in [2.75, 3.05) is 25.3 Å². The fourth-order valence-corrected chi connectivity index (χ4v) is 2.06. The highest BCUT2D eigenvalue weighted by Gasteiger charge is 2.18. The SMILES string of the molecule is CCCC(C)(C)Nc1cc(OC)c(OC)cc1N. The monoisotopic (exact) mass is 252 g/mol. The summed E-state index contributed by atoms with van der Waals surface area (Å²) in [5.41, 5.74) is 7.57. The van der Waals surface area contributed by atoms with Gasteiger partial charge in [-0.1, -0.05) is 13.3 Å². The van der Waals surface area contributed by atoms with Gasteiger partial charge in [-0.25, -0.2) is 0 Å². The van der Waals surface area contributed by atoms with Crippen LogP contribution in [0.5, 0.6) is 11.5 Å². The second-order valence-corrected chi connectivity index (χ2v) is 5.05. The minimum atomic E-state index is 0.00245. The van der Waals surface area contributed by atoms with Crippen LogP contribution in [0.4, 0.5) is 11.4 Å². The average Bonchev–Trinajstić information content (AvgIpc) is 2.30. The lowest BCUT2D eigenvalue weighted by Crippen LogP contribution is -2.30. The molecule has 4 heteroatoms. The summed E-state index contributed by atoms with van der Waals surface area (Å²) in [5, 5.41) is 3.45. The molecular formula is C14H24N2O2. The highest BCUT2D eigenvalue weighted by molar-refractivity contribution is 5.72. The molecule has 0 aliphatic carbocycles. The second kappa shape index (κ2) is 5.85. The summed E-state index contributed by atoms with van der Waals surface area (Å²) in [6.07, 6.45) is 2.19. The molecule has 0 fully saturated rings. The number of ether oxygens (including phenoxy) is 2. The van der Waals surface area contributed by atoms with Crippen molar-refractivity contribution >= 4 is 11.4 Å². The number of nitrogen functional groups attached to an aromatic ring is 1. The molecule has 1 aromatic carbocycles. The lowest BCUT2D eigenvalue weighted by Gasteiger charge is -2.28. The van der Waals surface area contributed by atoms with E-state index in [-0.39, 0.29) is 5.54 Å². The molecule has 102 valence electrons. The van der Waals surface area contributed by atoms with Crippen molar-refractivity contribution in [1.82, 2.24) is 0 Å². The number of nitrogens with two attached hydrogens (primary N) is 1. The number of hydrogen-bond donors (Lipinski definition) is 2. The Balaban J connectivity index is 3.02. The van der Waals surface area contributed by atoms with Gasteiger partial charge in [-0.3, -0.25) is 0 Å². The van der Waals surface area contributed by atoms with Crippen molar-refractivity contribution in [2.24, 2.45) is 0 Å². The van der Waals surface area contributed by atoms with Crippen LogP contribution in [0.25, 0.3) is 0 Å². The van der Waals surface area contributed by atoms with Crippen molar-refractivity contribution in [3.05, 3.63) is 12.1 Å². The molecule has 0 atom stereocenters.